The Hall–Kier alpha value is -0.940. The van der Waals surface area contributed by atoms with Crippen LogP contribution in [-0.4, -0.2) is 15.2 Å². The minimum Gasteiger partial charge on any atom is -0.262 e. The minimum atomic E-state index is -0.336. The molecule has 0 saturated carbocycles. The molecular weight excluding hydrogens is 284 g/mol. The van der Waals surface area contributed by atoms with E-state index in [-0.39, 0.29) is 11.7 Å². The zero-order valence-electron chi connectivity index (χ0n) is 7.47. The molecule has 15 heavy (non-hydrogen) atoms. The normalized spacial score (nSPS) is 10.6. The molecule has 6 heteroatoms. The summed E-state index contributed by atoms with van der Waals surface area (Å²) in [4.78, 5) is 4.10. The summed E-state index contributed by atoms with van der Waals surface area (Å²) in [6.07, 6.45) is 0. The van der Waals surface area contributed by atoms with Crippen LogP contribution in [0.3, 0.4) is 0 Å². The molecule has 2 rings (SSSR count). The van der Waals surface area contributed by atoms with Gasteiger partial charge in [-0.15, -0.1) is 11.6 Å². The Balaban J connectivity index is 2.44. The summed E-state index contributed by atoms with van der Waals surface area (Å²) in [5, 5.41) is 6.59. The molecule has 0 bridgehead atoms. The number of nitrogens with zero attached hydrogens (tertiary/aromatic N) is 2. The number of aromatic amines is 1. The van der Waals surface area contributed by atoms with Gasteiger partial charge < -0.3 is 0 Å². The minimum absolute atomic E-state index is 0.253. The Labute approximate surface area is 98.8 Å². The molecule has 1 N–H and O–H groups in total. The van der Waals surface area contributed by atoms with Crippen molar-refractivity contribution in [1.29, 1.82) is 0 Å². The number of rotatable bonds is 2. The van der Waals surface area contributed by atoms with Crippen LogP contribution in [0.15, 0.2) is 22.7 Å². The van der Waals surface area contributed by atoms with E-state index in [9.17, 15) is 4.39 Å². The molecule has 1 aromatic carbocycles. The van der Waals surface area contributed by atoms with Gasteiger partial charge in [0.15, 0.2) is 5.82 Å². The number of hydrogen-bond acceptors (Lipinski definition) is 2. The van der Waals surface area contributed by atoms with Crippen LogP contribution in [0.2, 0.25) is 0 Å². The Morgan fingerprint density at radius 2 is 2.20 bits per heavy atom. The Bertz CT molecular complexity index is 466. The number of halogens is 3. The Kier molecular flexibility index (Phi) is 3.02. The Morgan fingerprint density at radius 1 is 1.40 bits per heavy atom. The van der Waals surface area contributed by atoms with Gasteiger partial charge in [-0.25, -0.2) is 9.37 Å². The summed E-state index contributed by atoms with van der Waals surface area (Å²) in [5.41, 5.74) is 0.606. The van der Waals surface area contributed by atoms with Crippen molar-refractivity contribution in [1.82, 2.24) is 15.2 Å². The number of nitrogens with one attached hydrogen (secondary N) is 1. The van der Waals surface area contributed by atoms with Crippen LogP contribution in [0.1, 0.15) is 5.82 Å². The molecule has 0 unspecified atom stereocenters. The fourth-order valence-corrected chi connectivity index (χ4v) is 1.75. The largest absolute Gasteiger partial charge is 0.262 e. The highest BCUT2D eigenvalue weighted by atomic mass is 79.9. The van der Waals surface area contributed by atoms with Gasteiger partial charge in [-0.3, -0.25) is 5.10 Å². The molecular formula is C9H6BrClFN3. The van der Waals surface area contributed by atoms with Crippen LogP contribution in [0.5, 0.6) is 0 Å². The standard InChI is InChI=1S/C9H6BrClFN3/c10-6-1-5(2-7(12)3-6)9-13-8(4-11)14-15-9/h1-3H,4H2,(H,13,14,15). The van der Waals surface area contributed by atoms with Crippen LogP contribution in [0.4, 0.5) is 4.39 Å². The molecule has 0 amide bonds. The van der Waals surface area contributed by atoms with Crippen LogP contribution < -0.4 is 0 Å². The maximum Gasteiger partial charge on any atom is 0.181 e. The summed E-state index contributed by atoms with van der Waals surface area (Å²) in [6, 6.07) is 4.48. The molecule has 0 spiro atoms. The first-order chi connectivity index (χ1) is 7.19. The smallest absolute Gasteiger partial charge is 0.181 e. The second-order valence-electron chi connectivity index (χ2n) is 2.90. The van der Waals surface area contributed by atoms with Crippen molar-refractivity contribution in [3.8, 4) is 11.4 Å². The van der Waals surface area contributed by atoms with Gasteiger partial charge in [-0.1, -0.05) is 15.9 Å². The fourth-order valence-electron chi connectivity index (χ4n) is 1.17. The maximum absolute atomic E-state index is 13.1. The molecule has 0 saturated heterocycles. The average Bonchev–Trinajstić information content (AvgIpc) is 2.64. The molecule has 0 aliphatic rings. The van der Waals surface area contributed by atoms with E-state index >= 15 is 0 Å². The summed E-state index contributed by atoms with van der Waals surface area (Å²) in [5.74, 6) is 0.915. The van der Waals surface area contributed by atoms with E-state index in [4.69, 9.17) is 11.6 Å². The third-order valence-corrected chi connectivity index (χ3v) is 2.49. The average molecular weight is 291 g/mol. The first-order valence-corrected chi connectivity index (χ1v) is 5.45. The van der Waals surface area contributed by atoms with Crippen molar-refractivity contribution < 1.29 is 4.39 Å². The molecule has 0 aliphatic carbocycles. The third kappa shape index (κ3) is 2.35. The van der Waals surface area contributed by atoms with Crippen molar-refractivity contribution in [2.75, 3.05) is 0 Å². The van der Waals surface area contributed by atoms with Crippen molar-refractivity contribution in [3.05, 3.63) is 34.3 Å². The SMILES string of the molecule is Fc1cc(Br)cc(-c2n[nH]c(CCl)n2)c1. The number of aromatic nitrogens is 3. The molecule has 0 aliphatic heterocycles. The van der Waals surface area contributed by atoms with E-state index < -0.39 is 0 Å². The Morgan fingerprint density at radius 3 is 2.80 bits per heavy atom. The third-order valence-electron chi connectivity index (χ3n) is 1.78. The molecule has 78 valence electrons. The molecule has 0 radical (unpaired) electrons. The van der Waals surface area contributed by atoms with Gasteiger partial charge >= 0.3 is 0 Å². The van der Waals surface area contributed by atoms with Gasteiger partial charge in [0.2, 0.25) is 0 Å². The van der Waals surface area contributed by atoms with Crippen LogP contribution in [0.25, 0.3) is 11.4 Å². The highest BCUT2D eigenvalue weighted by Crippen LogP contribution is 2.21. The van der Waals surface area contributed by atoms with Gasteiger partial charge in [-0.05, 0) is 18.2 Å². The highest BCUT2D eigenvalue weighted by Gasteiger charge is 2.07. The summed E-state index contributed by atoms with van der Waals surface area (Å²) >= 11 is 8.78. The van der Waals surface area contributed by atoms with Gasteiger partial charge in [0.05, 0.1) is 5.88 Å². The molecule has 1 aromatic heterocycles. The van der Waals surface area contributed by atoms with Gasteiger partial charge in [0, 0.05) is 10.0 Å². The lowest BCUT2D eigenvalue weighted by molar-refractivity contribution is 0.627. The number of hydrogen-bond donors (Lipinski definition) is 1. The molecule has 0 fully saturated rings. The quantitative estimate of drug-likeness (QED) is 0.864. The van der Waals surface area contributed by atoms with Crippen LogP contribution in [0, 0.1) is 5.82 Å². The topological polar surface area (TPSA) is 41.6 Å². The summed E-state index contributed by atoms with van der Waals surface area (Å²) in [6.45, 7) is 0. The predicted octanol–water partition coefficient (Wildman–Crippen LogP) is 3.11. The van der Waals surface area contributed by atoms with Crippen molar-refractivity contribution in [3.63, 3.8) is 0 Å². The molecule has 0 atom stereocenters. The van der Waals surface area contributed by atoms with Crippen molar-refractivity contribution in [2.24, 2.45) is 0 Å². The van der Waals surface area contributed by atoms with Gasteiger partial charge in [-0.2, -0.15) is 5.10 Å². The van der Waals surface area contributed by atoms with E-state index in [1.165, 1.54) is 12.1 Å². The second kappa shape index (κ2) is 4.28. The number of alkyl halides is 1. The van der Waals surface area contributed by atoms with Crippen molar-refractivity contribution in [2.45, 2.75) is 5.88 Å². The summed E-state index contributed by atoms with van der Waals surface area (Å²) in [7, 11) is 0. The van der Waals surface area contributed by atoms with Crippen LogP contribution >= 0.6 is 27.5 Å². The van der Waals surface area contributed by atoms with Crippen LogP contribution in [-0.2, 0) is 5.88 Å². The molecule has 2 aromatic rings. The number of H-pyrrole nitrogens is 1. The van der Waals surface area contributed by atoms with Gasteiger partial charge in [0.1, 0.15) is 11.6 Å². The lowest BCUT2D eigenvalue weighted by Gasteiger charge is -1.96. The lowest BCUT2D eigenvalue weighted by atomic mass is 10.2. The van der Waals surface area contributed by atoms with E-state index in [1.54, 1.807) is 6.07 Å². The first kappa shape index (κ1) is 10.6. The fraction of sp³-hybridized carbons (Fsp3) is 0.111. The predicted molar refractivity (Wildman–Crippen MR) is 59.0 cm³/mol. The maximum atomic E-state index is 13.1. The first-order valence-electron chi connectivity index (χ1n) is 4.13. The van der Waals surface area contributed by atoms with Gasteiger partial charge in [0.25, 0.3) is 0 Å². The lowest BCUT2D eigenvalue weighted by Crippen LogP contribution is -1.84. The van der Waals surface area contributed by atoms with Crippen molar-refractivity contribution >= 4 is 27.5 Å². The van der Waals surface area contributed by atoms with E-state index in [2.05, 4.69) is 31.1 Å². The second-order valence-corrected chi connectivity index (χ2v) is 4.08. The van der Waals surface area contributed by atoms with E-state index in [0.717, 1.165) is 0 Å². The zero-order valence-corrected chi connectivity index (χ0v) is 9.81. The molecule has 3 nitrogen and oxygen atoms in total. The highest BCUT2D eigenvalue weighted by molar-refractivity contribution is 9.10. The monoisotopic (exact) mass is 289 g/mol. The van der Waals surface area contributed by atoms with E-state index in [1.807, 2.05) is 0 Å². The zero-order chi connectivity index (χ0) is 10.8. The molecule has 1 heterocycles. The number of benzene rings is 1. The van der Waals surface area contributed by atoms with E-state index in [0.29, 0.717) is 21.7 Å². The summed E-state index contributed by atoms with van der Waals surface area (Å²) < 4.78 is 13.7.